The van der Waals surface area contributed by atoms with Crippen molar-refractivity contribution in [1.29, 1.82) is 0 Å². The Hall–Kier alpha value is -5.09. The van der Waals surface area contributed by atoms with Gasteiger partial charge in [-0.15, -0.1) is 0 Å². The molecule has 610 valence electrons. The molecule has 0 rings (SSSR count). The fraction of sp³-hybridized carbons (Fsp3) is 0.652. The van der Waals surface area contributed by atoms with Crippen molar-refractivity contribution in [3.63, 3.8) is 0 Å². The van der Waals surface area contributed by atoms with Crippen LogP contribution in [0.5, 0.6) is 0 Å². The summed E-state index contributed by atoms with van der Waals surface area (Å²) in [5, 5.41) is 20.7. The van der Waals surface area contributed by atoms with Gasteiger partial charge in [-0.2, -0.15) is 0 Å². The van der Waals surface area contributed by atoms with E-state index in [9.17, 15) is 43.5 Å². The van der Waals surface area contributed by atoms with Gasteiger partial charge < -0.3 is 34.2 Å². The smallest absolute Gasteiger partial charge is 0.463 e. The fourth-order valence-electron chi connectivity index (χ4n) is 10.7. The summed E-state index contributed by atoms with van der Waals surface area (Å²) >= 11 is 0. The number of unbranched alkanes of at least 4 members (excludes halogenated alkanes) is 26. The largest absolute Gasteiger partial charge is 0.472 e. The number of aliphatic hydroxyl groups is 2. The number of phosphoric ester groups is 2. The number of carbonyl (C=O) groups is 3. The third-order valence-electron chi connectivity index (χ3n) is 16.9. The zero-order chi connectivity index (χ0) is 78.0. The van der Waals surface area contributed by atoms with Crippen LogP contribution in [0, 0.1) is 0 Å². The van der Waals surface area contributed by atoms with Gasteiger partial charge in [-0.3, -0.25) is 32.5 Å². The van der Waals surface area contributed by atoms with Gasteiger partial charge in [0, 0.05) is 19.3 Å². The predicted molar refractivity (Wildman–Crippen MR) is 445 cm³/mol. The number of carbonyl (C=O) groups excluding carboxylic acids is 3. The molecule has 0 radical (unpaired) electrons. The number of esters is 3. The van der Waals surface area contributed by atoms with Crippen molar-refractivity contribution in [3.05, 3.63) is 170 Å². The maximum Gasteiger partial charge on any atom is 0.472 e. The van der Waals surface area contributed by atoms with Crippen molar-refractivity contribution in [2.45, 2.75) is 334 Å². The molecule has 5 unspecified atom stereocenters. The lowest BCUT2D eigenvalue weighted by Gasteiger charge is -2.21. The molecule has 0 aliphatic carbocycles. The van der Waals surface area contributed by atoms with Gasteiger partial charge in [-0.25, -0.2) is 9.13 Å². The van der Waals surface area contributed by atoms with E-state index in [4.69, 9.17) is 32.3 Å². The first-order chi connectivity index (χ1) is 52.2. The van der Waals surface area contributed by atoms with Crippen LogP contribution in [0.3, 0.4) is 0 Å². The molecule has 16 nitrogen and oxygen atoms in total. The quantitative estimate of drug-likeness (QED) is 0.0146. The van der Waals surface area contributed by atoms with E-state index in [-0.39, 0.29) is 19.3 Å². The summed E-state index contributed by atoms with van der Waals surface area (Å²) in [6, 6.07) is 0. The summed E-state index contributed by atoms with van der Waals surface area (Å²) in [7, 11) is -9.82. The van der Waals surface area contributed by atoms with Crippen molar-refractivity contribution < 1.29 is 75.8 Å². The topological polar surface area (TPSA) is 231 Å². The summed E-state index contributed by atoms with van der Waals surface area (Å²) in [5.41, 5.74) is 0. The van der Waals surface area contributed by atoms with Crippen LogP contribution in [0.1, 0.15) is 316 Å². The van der Waals surface area contributed by atoms with Crippen molar-refractivity contribution in [3.8, 4) is 0 Å². The lowest BCUT2D eigenvalue weighted by Crippen LogP contribution is -2.30. The van der Waals surface area contributed by atoms with Crippen LogP contribution in [0.15, 0.2) is 170 Å². The first-order valence-corrected chi connectivity index (χ1v) is 44.4. The van der Waals surface area contributed by atoms with Gasteiger partial charge in [0.05, 0.1) is 26.4 Å². The molecule has 5 atom stereocenters. The Morgan fingerprint density at radius 3 is 0.785 bits per heavy atom. The Kier molecular flexibility index (Phi) is 76.6. The van der Waals surface area contributed by atoms with Crippen molar-refractivity contribution in [2.24, 2.45) is 0 Å². The lowest BCUT2D eigenvalue weighted by molar-refractivity contribution is -0.161. The van der Waals surface area contributed by atoms with Crippen molar-refractivity contribution >= 4 is 33.6 Å². The summed E-state index contributed by atoms with van der Waals surface area (Å²) in [4.78, 5) is 58.8. The maximum atomic E-state index is 13.0. The Balaban J connectivity index is 4.73. The minimum absolute atomic E-state index is 0.0821. The van der Waals surface area contributed by atoms with Crippen LogP contribution in [0.25, 0.3) is 0 Å². The maximum absolute atomic E-state index is 13.0. The number of hydrogen-bond acceptors (Lipinski definition) is 14. The molecule has 18 heteroatoms. The van der Waals surface area contributed by atoms with Gasteiger partial charge in [0.25, 0.3) is 0 Å². The third-order valence-corrected chi connectivity index (χ3v) is 18.8. The highest BCUT2D eigenvalue weighted by Gasteiger charge is 2.29. The molecule has 0 aromatic rings. The summed E-state index contributed by atoms with van der Waals surface area (Å²) in [6.07, 6.45) is 102. The number of aliphatic hydroxyl groups excluding tert-OH is 2. The fourth-order valence-corrected chi connectivity index (χ4v) is 12.3. The molecular formula is C89H148O16P2. The Bertz CT molecular complexity index is 2620. The molecule has 0 aromatic heterocycles. The Labute approximate surface area is 650 Å². The Morgan fingerprint density at radius 2 is 0.495 bits per heavy atom. The summed E-state index contributed by atoms with van der Waals surface area (Å²) in [6.45, 7) is 2.40. The van der Waals surface area contributed by atoms with Gasteiger partial charge in [-0.05, 0) is 154 Å². The Morgan fingerprint density at radius 1 is 0.271 bits per heavy atom. The molecule has 107 heavy (non-hydrogen) atoms. The van der Waals surface area contributed by atoms with Crippen LogP contribution < -0.4 is 0 Å². The second kappa shape index (κ2) is 80.4. The van der Waals surface area contributed by atoms with Gasteiger partial charge in [0.2, 0.25) is 0 Å². The molecule has 0 saturated heterocycles. The molecule has 0 aliphatic heterocycles. The average molecular weight is 1540 g/mol. The van der Waals surface area contributed by atoms with E-state index in [0.717, 1.165) is 205 Å². The SMILES string of the molecule is CC/C=C\C/C=C\C/C=C\C/C=C\C/C=C\CCCCCCCCCC(=O)OCC(COP(=O)(O)OCC(O)COP(=O)(O)OCC(O)COC(=O)CCCCCCCCCCC/C=C\C/C=C\C/C=C\C/C=C\CCCCC)OC(=O)CCCCCCCCC/C=C\C/C=C\C/C=C\C/C=C\C/C=C\CC. The van der Waals surface area contributed by atoms with Gasteiger partial charge in [0.15, 0.2) is 6.10 Å². The van der Waals surface area contributed by atoms with Crippen molar-refractivity contribution in [1.82, 2.24) is 0 Å². The number of rotatable bonds is 77. The van der Waals surface area contributed by atoms with E-state index in [1.54, 1.807) is 0 Å². The van der Waals surface area contributed by atoms with Crippen LogP contribution in [0.2, 0.25) is 0 Å². The molecule has 0 saturated carbocycles. The molecule has 0 amide bonds. The molecule has 0 aromatic carbocycles. The van der Waals surface area contributed by atoms with E-state index < -0.39 is 91.5 Å². The molecule has 0 bridgehead atoms. The van der Waals surface area contributed by atoms with Gasteiger partial charge in [-0.1, -0.05) is 313 Å². The zero-order valence-electron chi connectivity index (χ0n) is 66.7. The van der Waals surface area contributed by atoms with Crippen LogP contribution in [-0.2, 0) is 55.8 Å². The molecule has 0 fully saturated rings. The van der Waals surface area contributed by atoms with E-state index in [2.05, 4.69) is 191 Å². The second-order valence-corrected chi connectivity index (χ2v) is 30.1. The number of hydrogen-bond donors (Lipinski definition) is 4. The lowest BCUT2D eigenvalue weighted by atomic mass is 10.1. The van der Waals surface area contributed by atoms with Crippen LogP contribution >= 0.6 is 15.6 Å². The second-order valence-electron chi connectivity index (χ2n) is 27.2. The molecule has 0 heterocycles. The highest BCUT2D eigenvalue weighted by Crippen LogP contribution is 2.45. The first-order valence-electron chi connectivity index (χ1n) is 41.4. The van der Waals surface area contributed by atoms with E-state index in [1.165, 1.54) is 51.4 Å². The molecular weight excluding hydrogens is 1390 g/mol. The third kappa shape index (κ3) is 81.7. The van der Waals surface area contributed by atoms with Crippen LogP contribution in [-0.4, -0.2) is 95.9 Å². The molecule has 0 spiro atoms. The predicted octanol–water partition coefficient (Wildman–Crippen LogP) is 24.8. The normalized spacial score (nSPS) is 14.8. The van der Waals surface area contributed by atoms with E-state index >= 15 is 0 Å². The highest BCUT2D eigenvalue weighted by molar-refractivity contribution is 7.47. The van der Waals surface area contributed by atoms with Crippen molar-refractivity contribution in [2.75, 3.05) is 39.6 Å². The van der Waals surface area contributed by atoms with Gasteiger partial charge >= 0.3 is 33.6 Å². The molecule has 4 N–H and O–H groups in total. The minimum atomic E-state index is -4.95. The number of ether oxygens (including phenoxy) is 3. The monoisotopic (exact) mass is 1540 g/mol. The number of allylic oxidation sites excluding steroid dienone is 28. The summed E-state index contributed by atoms with van der Waals surface area (Å²) < 4.78 is 61.3. The summed E-state index contributed by atoms with van der Waals surface area (Å²) in [5.74, 6) is -1.61. The highest BCUT2D eigenvalue weighted by atomic mass is 31.2. The first kappa shape index (κ1) is 102. The van der Waals surface area contributed by atoms with Crippen LogP contribution in [0.4, 0.5) is 0 Å². The zero-order valence-corrected chi connectivity index (χ0v) is 68.5. The average Bonchev–Trinajstić information content (AvgIpc) is 1.16. The van der Waals surface area contributed by atoms with Gasteiger partial charge in [0.1, 0.15) is 25.4 Å². The standard InChI is InChI=1S/C89H148O16P2/c1-4-7-10-13-16-19-22-25-28-31-34-37-40-41-44-46-48-51-54-57-60-63-66-69-72-75-87(92)99-78-84(90)79-101-106(95,96)102-80-85(91)81-103-107(97,98)104-83-86(105-89(94)77-74-71-68-65-62-59-56-53-50-47-43-39-36-33-30-27-24-21-18-15-12-9-6-3)82-100-88(93)76-73-70-67-64-61-58-55-52-49-45-42-38-35-32-29-26-23-20-17-14-11-8-5-2/h8-9,11-12,16-21,25-30,34-39,41,44-45,47,49-50,84-86,90-91H,4-7,10,13-15,22-24,31-33,40,42-43,46,48,51-83H2,1-3H3,(H,95,96)(H,97,98)/b11-8-,12-9-,19-16-,20-17-,21-18-,28-25-,29-26-,30-27-,37-34-,38-35-,39-36-,44-41-,49-45-,50-47-. The van der Waals surface area contributed by atoms with E-state index in [0.29, 0.717) is 19.3 Å². The van der Waals surface area contributed by atoms with E-state index in [1.807, 2.05) is 0 Å². The molecule has 0 aliphatic rings. The number of phosphoric acid groups is 2. The minimum Gasteiger partial charge on any atom is -0.463 e.